The van der Waals surface area contributed by atoms with Crippen molar-refractivity contribution < 1.29 is 23.1 Å². The third-order valence-electron chi connectivity index (χ3n) is 2.63. The van der Waals surface area contributed by atoms with Crippen LogP contribution in [0.25, 0.3) is 11.1 Å². The zero-order chi connectivity index (χ0) is 14.0. The first kappa shape index (κ1) is 13.1. The summed E-state index contributed by atoms with van der Waals surface area (Å²) in [7, 11) is 0. The van der Waals surface area contributed by atoms with Gasteiger partial charge < -0.3 is 5.11 Å². The predicted octanol–water partition coefficient (Wildman–Crippen LogP) is 3.40. The van der Waals surface area contributed by atoms with E-state index in [0.717, 1.165) is 12.1 Å². The Morgan fingerprint density at radius 3 is 2.42 bits per heavy atom. The smallest absolute Gasteiger partial charge is 0.307 e. The van der Waals surface area contributed by atoms with Crippen molar-refractivity contribution in [1.82, 2.24) is 0 Å². The van der Waals surface area contributed by atoms with Crippen LogP contribution in [0.3, 0.4) is 0 Å². The standard InChI is InChI=1S/C14H9F3O2/c15-11-5-4-8(7-13(18)19)6-10(11)9-2-1-3-12(16)14(9)17/h1-6H,7H2,(H,18,19). The largest absolute Gasteiger partial charge is 0.481 e. The molecule has 0 spiro atoms. The quantitative estimate of drug-likeness (QED) is 0.924. The molecule has 1 N–H and O–H groups in total. The van der Waals surface area contributed by atoms with Gasteiger partial charge in [0.1, 0.15) is 5.82 Å². The Bertz CT molecular complexity index is 639. The minimum atomic E-state index is -1.16. The Balaban J connectivity index is 2.54. The van der Waals surface area contributed by atoms with Crippen LogP contribution in [0.15, 0.2) is 36.4 Å². The third kappa shape index (κ3) is 2.76. The summed E-state index contributed by atoms with van der Waals surface area (Å²) in [5.74, 6) is -4.06. The summed E-state index contributed by atoms with van der Waals surface area (Å²) in [4.78, 5) is 10.6. The molecule has 0 fully saturated rings. The number of carbonyl (C=O) groups is 1. The Morgan fingerprint density at radius 1 is 1.00 bits per heavy atom. The highest BCUT2D eigenvalue weighted by atomic mass is 19.2. The van der Waals surface area contributed by atoms with E-state index in [2.05, 4.69) is 0 Å². The molecule has 2 aromatic rings. The summed E-state index contributed by atoms with van der Waals surface area (Å²) >= 11 is 0. The fourth-order valence-corrected chi connectivity index (χ4v) is 1.78. The SMILES string of the molecule is O=C(O)Cc1ccc(F)c(-c2cccc(F)c2F)c1. The van der Waals surface area contributed by atoms with Crippen molar-refractivity contribution in [3.63, 3.8) is 0 Å². The molecule has 0 saturated heterocycles. The molecule has 0 amide bonds. The number of rotatable bonds is 3. The molecule has 5 heteroatoms. The van der Waals surface area contributed by atoms with Crippen LogP contribution in [0.5, 0.6) is 0 Å². The molecule has 2 nitrogen and oxygen atoms in total. The summed E-state index contributed by atoms with van der Waals surface area (Å²) in [5.41, 5.74) is -0.0759. The molecule has 0 aromatic heterocycles. The van der Waals surface area contributed by atoms with E-state index in [0.29, 0.717) is 5.56 Å². The van der Waals surface area contributed by atoms with Crippen LogP contribution >= 0.6 is 0 Å². The van der Waals surface area contributed by atoms with Crippen molar-refractivity contribution in [3.8, 4) is 11.1 Å². The number of hydrogen-bond acceptors (Lipinski definition) is 1. The minimum absolute atomic E-state index is 0.157. The Kier molecular flexibility index (Phi) is 3.55. The van der Waals surface area contributed by atoms with Crippen LogP contribution < -0.4 is 0 Å². The molecule has 0 aliphatic rings. The molecule has 0 radical (unpaired) electrons. The van der Waals surface area contributed by atoms with Crippen LogP contribution in [0.1, 0.15) is 5.56 Å². The highest BCUT2D eigenvalue weighted by Gasteiger charge is 2.14. The van der Waals surface area contributed by atoms with Crippen molar-refractivity contribution in [2.24, 2.45) is 0 Å². The molecule has 2 aromatic carbocycles. The molecular weight excluding hydrogens is 257 g/mol. The van der Waals surface area contributed by atoms with E-state index in [1.54, 1.807) is 0 Å². The lowest BCUT2D eigenvalue weighted by Crippen LogP contribution is -2.01. The van der Waals surface area contributed by atoms with E-state index in [1.807, 2.05) is 0 Å². The summed E-state index contributed by atoms with van der Waals surface area (Å²) in [6, 6.07) is 6.97. The fraction of sp³-hybridized carbons (Fsp3) is 0.0714. The van der Waals surface area contributed by atoms with Crippen LogP contribution in [-0.4, -0.2) is 11.1 Å². The number of benzene rings is 2. The van der Waals surface area contributed by atoms with Gasteiger partial charge in [-0.15, -0.1) is 0 Å². The van der Waals surface area contributed by atoms with Crippen LogP contribution in [0, 0.1) is 17.5 Å². The van der Waals surface area contributed by atoms with Crippen molar-refractivity contribution in [3.05, 3.63) is 59.4 Å². The molecule has 19 heavy (non-hydrogen) atoms. The van der Waals surface area contributed by atoms with E-state index in [1.165, 1.54) is 24.3 Å². The maximum atomic E-state index is 13.7. The first-order valence-electron chi connectivity index (χ1n) is 5.43. The Morgan fingerprint density at radius 2 is 1.74 bits per heavy atom. The van der Waals surface area contributed by atoms with Gasteiger partial charge >= 0.3 is 5.97 Å². The van der Waals surface area contributed by atoms with Crippen molar-refractivity contribution in [2.45, 2.75) is 6.42 Å². The topological polar surface area (TPSA) is 37.3 Å². The second-order valence-electron chi connectivity index (χ2n) is 3.99. The van der Waals surface area contributed by atoms with Gasteiger partial charge in [0.25, 0.3) is 0 Å². The van der Waals surface area contributed by atoms with Crippen molar-refractivity contribution in [1.29, 1.82) is 0 Å². The molecule has 0 saturated carbocycles. The minimum Gasteiger partial charge on any atom is -0.481 e. The zero-order valence-electron chi connectivity index (χ0n) is 9.66. The van der Waals surface area contributed by atoms with E-state index in [-0.39, 0.29) is 17.5 Å². The molecule has 0 heterocycles. The van der Waals surface area contributed by atoms with E-state index < -0.39 is 23.4 Å². The fourth-order valence-electron chi connectivity index (χ4n) is 1.78. The summed E-state index contributed by atoms with van der Waals surface area (Å²) in [6.45, 7) is 0. The maximum absolute atomic E-state index is 13.7. The molecule has 0 aliphatic heterocycles. The Hall–Kier alpha value is -2.30. The summed E-state index contributed by atoms with van der Waals surface area (Å²) < 4.78 is 40.4. The van der Waals surface area contributed by atoms with Crippen molar-refractivity contribution >= 4 is 5.97 Å². The molecule has 0 aliphatic carbocycles. The van der Waals surface area contributed by atoms with E-state index >= 15 is 0 Å². The Labute approximate surface area is 107 Å². The number of carboxylic acid groups (broad SMARTS) is 1. The van der Waals surface area contributed by atoms with Gasteiger partial charge in [0.05, 0.1) is 6.42 Å². The molecule has 98 valence electrons. The lowest BCUT2D eigenvalue weighted by molar-refractivity contribution is -0.136. The number of halogens is 3. The van der Waals surface area contributed by atoms with Crippen LogP contribution in [-0.2, 0) is 11.2 Å². The molecule has 2 rings (SSSR count). The normalized spacial score (nSPS) is 10.5. The molecular formula is C14H9F3O2. The molecule has 0 bridgehead atoms. The second-order valence-corrected chi connectivity index (χ2v) is 3.99. The second kappa shape index (κ2) is 5.14. The lowest BCUT2D eigenvalue weighted by atomic mass is 10.0. The lowest BCUT2D eigenvalue weighted by Gasteiger charge is -2.07. The predicted molar refractivity (Wildman–Crippen MR) is 63.1 cm³/mol. The van der Waals surface area contributed by atoms with Crippen LogP contribution in [0.4, 0.5) is 13.2 Å². The van der Waals surface area contributed by atoms with Gasteiger partial charge in [-0.2, -0.15) is 0 Å². The van der Waals surface area contributed by atoms with Gasteiger partial charge in [0.15, 0.2) is 11.6 Å². The number of carboxylic acids is 1. The molecule has 0 unspecified atom stereocenters. The highest BCUT2D eigenvalue weighted by molar-refractivity contribution is 5.72. The van der Waals surface area contributed by atoms with Gasteiger partial charge in [-0.25, -0.2) is 13.2 Å². The van der Waals surface area contributed by atoms with Gasteiger partial charge in [-0.05, 0) is 23.8 Å². The van der Waals surface area contributed by atoms with E-state index in [4.69, 9.17) is 5.11 Å². The van der Waals surface area contributed by atoms with Gasteiger partial charge in [0, 0.05) is 11.1 Å². The van der Waals surface area contributed by atoms with Crippen LogP contribution in [0.2, 0.25) is 0 Å². The highest BCUT2D eigenvalue weighted by Crippen LogP contribution is 2.28. The molecule has 0 atom stereocenters. The van der Waals surface area contributed by atoms with Gasteiger partial charge in [0.2, 0.25) is 0 Å². The van der Waals surface area contributed by atoms with Gasteiger partial charge in [-0.3, -0.25) is 4.79 Å². The monoisotopic (exact) mass is 266 g/mol. The third-order valence-corrected chi connectivity index (χ3v) is 2.63. The van der Waals surface area contributed by atoms with E-state index in [9.17, 15) is 18.0 Å². The maximum Gasteiger partial charge on any atom is 0.307 e. The zero-order valence-corrected chi connectivity index (χ0v) is 9.66. The summed E-state index contributed by atoms with van der Waals surface area (Å²) in [6.07, 6.45) is -0.315. The average Bonchev–Trinajstić information content (AvgIpc) is 2.35. The average molecular weight is 266 g/mol. The summed E-state index contributed by atoms with van der Waals surface area (Å²) in [5, 5.41) is 8.67. The van der Waals surface area contributed by atoms with Gasteiger partial charge in [-0.1, -0.05) is 18.2 Å². The first-order chi connectivity index (χ1) is 8.99. The number of hydrogen-bond donors (Lipinski definition) is 1. The first-order valence-corrected chi connectivity index (χ1v) is 5.43. The van der Waals surface area contributed by atoms with Crippen molar-refractivity contribution in [2.75, 3.05) is 0 Å². The number of aliphatic carboxylic acids is 1.